The molecule has 0 spiro atoms. The molecule has 1 fully saturated rings. The van der Waals surface area contributed by atoms with Crippen molar-refractivity contribution in [1.29, 1.82) is 0 Å². The Morgan fingerprint density at radius 2 is 2.28 bits per heavy atom. The number of nitrogens with zero attached hydrogens (tertiary/aromatic N) is 3. The predicted octanol–water partition coefficient (Wildman–Crippen LogP) is 1.82. The first kappa shape index (κ1) is 11.0. The lowest BCUT2D eigenvalue weighted by molar-refractivity contribution is 0.181. The zero-order valence-corrected chi connectivity index (χ0v) is 10.0. The van der Waals surface area contributed by atoms with Crippen molar-refractivity contribution in [3.63, 3.8) is 0 Å². The van der Waals surface area contributed by atoms with Crippen molar-refractivity contribution in [1.82, 2.24) is 9.97 Å². The Labute approximate surface area is 107 Å². The molecule has 3 heterocycles. The maximum atomic E-state index is 11.5. The van der Waals surface area contributed by atoms with Crippen LogP contribution in [0.15, 0.2) is 18.3 Å². The summed E-state index contributed by atoms with van der Waals surface area (Å²) in [5, 5.41) is 1.03. The van der Waals surface area contributed by atoms with Gasteiger partial charge in [0.15, 0.2) is 0 Å². The number of fused-ring (bicyclic) bond motifs is 1. The molecule has 0 atom stereocenters. The molecule has 0 aromatic carbocycles. The molecule has 2 aromatic heterocycles. The van der Waals surface area contributed by atoms with Gasteiger partial charge in [0.2, 0.25) is 0 Å². The maximum Gasteiger partial charge on any atom is 0.415 e. The monoisotopic (exact) mass is 264 g/mol. The van der Waals surface area contributed by atoms with E-state index in [0.29, 0.717) is 40.7 Å². The third-order valence-electron chi connectivity index (χ3n) is 2.72. The molecule has 2 N–H and O–H groups in total. The number of carbonyl (C=O) groups excluding carboxylic acids is 1. The molecule has 7 heteroatoms. The molecule has 6 nitrogen and oxygen atoms in total. The van der Waals surface area contributed by atoms with Crippen molar-refractivity contribution in [2.24, 2.45) is 0 Å². The number of ether oxygens (including phenoxy) is 1. The molecule has 2 aromatic rings. The highest BCUT2D eigenvalue weighted by atomic mass is 35.5. The number of anilines is 2. The lowest BCUT2D eigenvalue weighted by atomic mass is 10.2. The van der Waals surface area contributed by atoms with Gasteiger partial charge in [-0.3, -0.25) is 4.90 Å². The summed E-state index contributed by atoms with van der Waals surface area (Å²) in [5.74, 6) is 0.463. The minimum absolute atomic E-state index is 0.329. The van der Waals surface area contributed by atoms with Crippen LogP contribution in [0.25, 0.3) is 10.9 Å². The van der Waals surface area contributed by atoms with E-state index < -0.39 is 6.09 Å². The van der Waals surface area contributed by atoms with Crippen LogP contribution >= 0.6 is 11.6 Å². The number of hydrogen-bond acceptors (Lipinski definition) is 5. The van der Waals surface area contributed by atoms with E-state index in [9.17, 15) is 4.79 Å². The fraction of sp³-hybridized carbons (Fsp3) is 0.182. The van der Waals surface area contributed by atoms with Gasteiger partial charge in [-0.2, -0.15) is 0 Å². The van der Waals surface area contributed by atoms with E-state index in [1.54, 1.807) is 18.3 Å². The second-order valence-electron chi connectivity index (χ2n) is 3.86. The lowest BCUT2D eigenvalue weighted by Crippen LogP contribution is -2.24. The van der Waals surface area contributed by atoms with Gasteiger partial charge in [-0.1, -0.05) is 11.6 Å². The molecule has 0 saturated carbocycles. The number of pyridine rings is 2. The number of nitrogens with two attached hydrogens (primary N) is 1. The van der Waals surface area contributed by atoms with Gasteiger partial charge in [-0.05, 0) is 0 Å². The fourth-order valence-corrected chi connectivity index (χ4v) is 2.00. The molecular formula is C11H9ClN4O2. The van der Waals surface area contributed by atoms with E-state index in [2.05, 4.69) is 9.97 Å². The highest BCUT2D eigenvalue weighted by Crippen LogP contribution is 2.27. The van der Waals surface area contributed by atoms with Crippen LogP contribution in [0.3, 0.4) is 0 Å². The van der Waals surface area contributed by atoms with Crippen LogP contribution < -0.4 is 10.6 Å². The zero-order chi connectivity index (χ0) is 12.7. The van der Waals surface area contributed by atoms with Gasteiger partial charge in [0.05, 0.1) is 12.1 Å². The van der Waals surface area contributed by atoms with Crippen molar-refractivity contribution in [2.75, 3.05) is 23.8 Å². The number of hydrogen-bond donors (Lipinski definition) is 1. The average Bonchev–Trinajstić information content (AvgIpc) is 2.74. The normalized spacial score (nSPS) is 15.2. The van der Waals surface area contributed by atoms with Gasteiger partial charge in [0.25, 0.3) is 0 Å². The predicted molar refractivity (Wildman–Crippen MR) is 67.7 cm³/mol. The Hall–Kier alpha value is -2.08. The summed E-state index contributed by atoms with van der Waals surface area (Å²) in [5.41, 5.74) is 7.02. The van der Waals surface area contributed by atoms with Gasteiger partial charge in [0.1, 0.15) is 17.6 Å². The van der Waals surface area contributed by atoms with Crippen LogP contribution in [0.1, 0.15) is 0 Å². The Kier molecular flexibility index (Phi) is 2.45. The van der Waals surface area contributed by atoms with Gasteiger partial charge in [0, 0.05) is 29.4 Å². The number of nitrogen functional groups attached to an aromatic ring is 1. The minimum atomic E-state index is -0.415. The van der Waals surface area contributed by atoms with Crippen molar-refractivity contribution in [3.8, 4) is 0 Å². The minimum Gasteiger partial charge on any atom is -0.447 e. The summed E-state index contributed by atoms with van der Waals surface area (Å²) in [4.78, 5) is 21.2. The fourth-order valence-electron chi connectivity index (χ4n) is 1.85. The van der Waals surface area contributed by atoms with E-state index in [4.69, 9.17) is 22.1 Å². The summed E-state index contributed by atoms with van der Waals surface area (Å²) >= 11 is 5.81. The summed E-state index contributed by atoms with van der Waals surface area (Å²) in [6.45, 7) is 0.825. The zero-order valence-electron chi connectivity index (χ0n) is 9.26. The summed E-state index contributed by atoms with van der Waals surface area (Å²) in [6, 6.07) is 3.24. The quantitative estimate of drug-likeness (QED) is 0.795. The van der Waals surface area contributed by atoms with Crippen LogP contribution in [0.5, 0.6) is 0 Å². The molecule has 1 aliphatic heterocycles. The van der Waals surface area contributed by atoms with E-state index in [0.717, 1.165) is 0 Å². The van der Waals surface area contributed by atoms with E-state index >= 15 is 0 Å². The van der Waals surface area contributed by atoms with Crippen molar-refractivity contribution >= 4 is 40.1 Å². The molecule has 92 valence electrons. The highest BCUT2D eigenvalue weighted by Gasteiger charge is 2.25. The number of aromatic nitrogens is 2. The number of rotatable bonds is 1. The second-order valence-corrected chi connectivity index (χ2v) is 4.25. The van der Waals surface area contributed by atoms with E-state index in [1.807, 2.05) is 0 Å². The highest BCUT2D eigenvalue weighted by molar-refractivity contribution is 6.30. The van der Waals surface area contributed by atoms with Crippen molar-refractivity contribution in [2.45, 2.75) is 0 Å². The summed E-state index contributed by atoms with van der Waals surface area (Å²) < 4.78 is 4.86. The standard InChI is InChI=1S/C11H9ClN4O2/c12-9-4-8-6(5-14-9)7(13)3-10(15-8)16-1-2-18-11(16)17/h3-5H,1-2H2,(H2,13,15). The topological polar surface area (TPSA) is 81.3 Å². The van der Waals surface area contributed by atoms with Crippen LogP contribution in [0, 0.1) is 0 Å². The molecule has 1 aliphatic rings. The molecule has 3 rings (SSSR count). The average molecular weight is 265 g/mol. The molecule has 1 saturated heterocycles. The molecule has 0 unspecified atom stereocenters. The third-order valence-corrected chi connectivity index (χ3v) is 2.92. The third kappa shape index (κ3) is 1.70. The molecule has 1 amide bonds. The SMILES string of the molecule is Nc1cc(N2CCOC2=O)nc2cc(Cl)ncc12. The smallest absolute Gasteiger partial charge is 0.415 e. The van der Waals surface area contributed by atoms with Crippen molar-refractivity contribution < 1.29 is 9.53 Å². The van der Waals surface area contributed by atoms with E-state index in [1.165, 1.54) is 4.90 Å². The number of carbonyl (C=O) groups is 1. The first-order valence-electron chi connectivity index (χ1n) is 5.31. The maximum absolute atomic E-state index is 11.5. The largest absolute Gasteiger partial charge is 0.447 e. The number of amides is 1. The van der Waals surface area contributed by atoms with Gasteiger partial charge in [-0.15, -0.1) is 0 Å². The van der Waals surface area contributed by atoms with Gasteiger partial charge in [-0.25, -0.2) is 14.8 Å². The van der Waals surface area contributed by atoms with Crippen molar-refractivity contribution in [3.05, 3.63) is 23.5 Å². The number of halogens is 1. The van der Waals surface area contributed by atoms with Gasteiger partial charge >= 0.3 is 6.09 Å². The summed E-state index contributed by atoms with van der Waals surface area (Å²) in [6.07, 6.45) is 1.15. The first-order chi connectivity index (χ1) is 8.65. The molecule has 0 bridgehead atoms. The van der Waals surface area contributed by atoms with Crippen LogP contribution in [0.2, 0.25) is 5.15 Å². The molecular weight excluding hydrogens is 256 g/mol. The number of cyclic esters (lactones) is 1. The Balaban J connectivity index is 2.16. The van der Waals surface area contributed by atoms with E-state index in [-0.39, 0.29) is 0 Å². The molecule has 18 heavy (non-hydrogen) atoms. The molecule has 0 radical (unpaired) electrons. The Bertz CT molecular complexity index is 646. The van der Waals surface area contributed by atoms with Crippen LogP contribution in [0.4, 0.5) is 16.3 Å². The Morgan fingerprint density at radius 3 is 3.00 bits per heavy atom. The second kappa shape index (κ2) is 3.99. The molecule has 0 aliphatic carbocycles. The van der Waals surface area contributed by atoms with Crippen LogP contribution in [-0.4, -0.2) is 29.2 Å². The van der Waals surface area contributed by atoms with Crippen LogP contribution in [-0.2, 0) is 4.74 Å². The first-order valence-corrected chi connectivity index (χ1v) is 5.69. The lowest BCUT2D eigenvalue weighted by Gasteiger charge is -2.13. The van der Waals surface area contributed by atoms with Gasteiger partial charge < -0.3 is 10.5 Å². The Morgan fingerprint density at radius 1 is 1.44 bits per heavy atom. The summed E-state index contributed by atoms with van der Waals surface area (Å²) in [7, 11) is 0.